The number of hydrogen-bond donors (Lipinski definition) is 1. The van der Waals surface area contributed by atoms with Gasteiger partial charge in [-0.15, -0.1) is 0 Å². The van der Waals surface area contributed by atoms with Gasteiger partial charge in [-0.3, -0.25) is 0 Å². The van der Waals surface area contributed by atoms with Crippen molar-refractivity contribution in [2.75, 3.05) is 0 Å². The molecule has 1 heterocycles. The number of alkyl halides is 2. The molecule has 1 atom stereocenters. The summed E-state index contributed by atoms with van der Waals surface area (Å²) in [6.45, 7) is 1.14. The van der Waals surface area contributed by atoms with Gasteiger partial charge in [-0.25, -0.2) is 13.8 Å². The molecule has 0 aromatic carbocycles. The maximum atomic E-state index is 13.1. The number of halogens is 4. The Bertz CT molecular complexity index is 335. The highest BCUT2D eigenvalue weighted by Crippen LogP contribution is 2.24. The molecule has 2 N–H and O–H groups in total. The molecule has 0 radical (unpaired) electrons. The first-order chi connectivity index (χ1) is 6.84. The Morgan fingerprint density at radius 1 is 1.60 bits per heavy atom. The predicted octanol–water partition coefficient (Wildman–Crippen LogP) is 2.40. The Labute approximate surface area is 90.3 Å². The van der Waals surface area contributed by atoms with Crippen molar-refractivity contribution in [3.63, 3.8) is 0 Å². The fourth-order valence-corrected chi connectivity index (χ4v) is 1.26. The average molecular weight is 239 g/mol. The molecule has 1 unspecified atom stereocenters. The van der Waals surface area contributed by atoms with Crippen molar-refractivity contribution >= 4 is 11.6 Å². The van der Waals surface area contributed by atoms with E-state index in [1.54, 1.807) is 0 Å². The van der Waals surface area contributed by atoms with Crippen LogP contribution in [0.4, 0.5) is 13.2 Å². The van der Waals surface area contributed by atoms with Crippen LogP contribution in [0.1, 0.15) is 12.5 Å². The van der Waals surface area contributed by atoms with E-state index >= 15 is 0 Å². The fourth-order valence-electron chi connectivity index (χ4n) is 1.06. The zero-order valence-electron chi connectivity index (χ0n) is 7.98. The lowest BCUT2D eigenvalue weighted by molar-refractivity contribution is 0.0634. The van der Waals surface area contributed by atoms with Gasteiger partial charge in [0.25, 0.3) is 6.43 Å². The molecule has 0 spiro atoms. The SMILES string of the molecule is CC(N)(Cc1c(Cl)ccnc1F)C(F)F. The molecule has 1 rings (SSSR count). The summed E-state index contributed by atoms with van der Waals surface area (Å²) in [5, 5.41) is 0.0554. The Kier molecular flexibility index (Phi) is 3.57. The summed E-state index contributed by atoms with van der Waals surface area (Å²) in [5.74, 6) is -0.861. The van der Waals surface area contributed by atoms with Gasteiger partial charge in [-0.1, -0.05) is 11.6 Å². The molecule has 0 aliphatic heterocycles. The van der Waals surface area contributed by atoms with E-state index in [-0.39, 0.29) is 17.0 Å². The smallest absolute Gasteiger partial charge is 0.256 e. The summed E-state index contributed by atoms with van der Waals surface area (Å²) < 4.78 is 38.0. The monoisotopic (exact) mass is 238 g/mol. The maximum Gasteiger partial charge on any atom is 0.256 e. The lowest BCUT2D eigenvalue weighted by Crippen LogP contribution is -2.46. The quantitative estimate of drug-likeness (QED) is 0.822. The Hall–Kier alpha value is -0.810. The lowest BCUT2D eigenvalue weighted by atomic mass is 9.95. The van der Waals surface area contributed by atoms with E-state index in [2.05, 4.69) is 4.98 Å². The topological polar surface area (TPSA) is 38.9 Å². The zero-order valence-corrected chi connectivity index (χ0v) is 8.73. The van der Waals surface area contributed by atoms with Crippen LogP contribution in [0.5, 0.6) is 0 Å². The van der Waals surface area contributed by atoms with E-state index in [4.69, 9.17) is 17.3 Å². The molecule has 6 heteroatoms. The fraction of sp³-hybridized carbons (Fsp3) is 0.444. The minimum atomic E-state index is -2.76. The van der Waals surface area contributed by atoms with E-state index in [1.165, 1.54) is 6.07 Å². The van der Waals surface area contributed by atoms with E-state index in [0.717, 1.165) is 13.1 Å². The van der Waals surface area contributed by atoms with Crippen molar-refractivity contribution in [2.45, 2.75) is 25.3 Å². The van der Waals surface area contributed by atoms with Crippen LogP contribution in [0.15, 0.2) is 12.3 Å². The number of nitrogens with zero attached hydrogens (tertiary/aromatic N) is 1. The lowest BCUT2D eigenvalue weighted by Gasteiger charge is -2.23. The number of nitrogens with two attached hydrogens (primary N) is 1. The predicted molar refractivity (Wildman–Crippen MR) is 51.5 cm³/mol. The normalized spacial score (nSPS) is 15.4. The molecule has 15 heavy (non-hydrogen) atoms. The summed E-state index contributed by atoms with van der Waals surface area (Å²) >= 11 is 5.66. The summed E-state index contributed by atoms with van der Waals surface area (Å²) in [4.78, 5) is 3.33. The van der Waals surface area contributed by atoms with Gasteiger partial charge in [-0.2, -0.15) is 4.39 Å². The molecule has 2 nitrogen and oxygen atoms in total. The number of aromatic nitrogens is 1. The van der Waals surface area contributed by atoms with Crippen molar-refractivity contribution in [2.24, 2.45) is 5.73 Å². The van der Waals surface area contributed by atoms with Gasteiger partial charge < -0.3 is 5.73 Å². The molecule has 84 valence electrons. The number of hydrogen-bond acceptors (Lipinski definition) is 2. The third-order valence-electron chi connectivity index (χ3n) is 2.00. The highest BCUT2D eigenvalue weighted by Gasteiger charge is 2.32. The van der Waals surface area contributed by atoms with Crippen LogP contribution in [0.2, 0.25) is 5.02 Å². The molecule has 0 bridgehead atoms. The van der Waals surface area contributed by atoms with E-state index in [1.807, 2.05) is 0 Å². The number of pyridine rings is 1. The molecule has 0 saturated carbocycles. The Morgan fingerprint density at radius 2 is 2.20 bits per heavy atom. The first kappa shape index (κ1) is 12.3. The van der Waals surface area contributed by atoms with Gasteiger partial charge in [0.2, 0.25) is 5.95 Å². The minimum Gasteiger partial charge on any atom is -0.320 e. The van der Waals surface area contributed by atoms with Crippen LogP contribution in [0, 0.1) is 5.95 Å². The average Bonchev–Trinajstić information content (AvgIpc) is 2.11. The molecular weight excluding hydrogens is 229 g/mol. The largest absolute Gasteiger partial charge is 0.320 e. The van der Waals surface area contributed by atoms with Gasteiger partial charge >= 0.3 is 0 Å². The zero-order chi connectivity index (χ0) is 11.6. The highest BCUT2D eigenvalue weighted by atomic mass is 35.5. The first-order valence-electron chi connectivity index (χ1n) is 4.20. The van der Waals surface area contributed by atoms with Gasteiger partial charge in [0, 0.05) is 23.2 Å². The van der Waals surface area contributed by atoms with Gasteiger partial charge in [0.15, 0.2) is 0 Å². The minimum absolute atomic E-state index is 0.0554. The van der Waals surface area contributed by atoms with Gasteiger partial charge in [-0.05, 0) is 13.0 Å². The molecule has 0 aliphatic carbocycles. The second-order valence-corrected chi connectivity index (χ2v) is 3.95. The van der Waals surface area contributed by atoms with Crippen molar-refractivity contribution in [1.29, 1.82) is 0 Å². The van der Waals surface area contributed by atoms with Gasteiger partial charge in [0.05, 0.1) is 5.54 Å². The number of rotatable bonds is 3. The molecule has 0 amide bonds. The van der Waals surface area contributed by atoms with Crippen LogP contribution in [-0.2, 0) is 6.42 Å². The molecule has 1 aromatic rings. The van der Waals surface area contributed by atoms with Crippen LogP contribution < -0.4 is 5.73 Å². The van der Waals surface area contributed by atoms with E-state index < -0.39 is 17.9 Å². The second-order valence-electron chi connectivity index (χ2n) is 3.55. The van der Waals surface area contributed by atoms with Crippen molar-refractivity contribution in [3.8, 4) is 0 Å². The Balaban J connectivity index is 2.99. The molecule has 0 aliphatic rings. The van der Waals surface area contributed by atoms with E-state index in [9.17, 15) is 13.2 Å². The molecule has 0 fully saturated rings. The Morgan fingerprint density at radius 3 is 2.67 bits per heavy atom. The second kappa shape index (κ2) is 4.37. The van der Waals surface area contributed by atoms with E-state index in [0.29, 0.717) is 0 Å². The molecule has 0 saturated heterocycles. The van der Waals surface area contributed by atoms with Crippen LogP contribution in [-0.4, -0.2) is 16.9 Å². The van der Waals surface area contributed by atoms with Crippen LogP contribution in [0.25, 0.3) is 0 Å². The molecule has 1 aromatic heterocycles. The van der Waals surface area contributed by atoms with Gasteiger partial charge in [0.1, 0.15) is 0 Å². The van der Waals surface area contributed by atoms with Crippen molar-refractivity contribution in [3.05, 3.63) is 28.8 Å². The van der Waals surface area contributed by atoms with Crippen LogP contribution >= 0.6 is 11.6 Å². The standard InChI is InChI=1S/C9H10ClF3N2/c1-9(14,8(12)13)4-5-6(10)2-3-15-7(5)11/h2-3,8H,4,14H2,1H3. The summed E-state index contributed by atoms with van der Waals surface area (Å²) in [5.41, 5.74) is 3.44. The van der Waals surface area contributed by atoms with Crippen LogP contribution in [0.3, 0.4) is 0 Å². The maximum absolute atomic E-state index is 13.1. The highest BCUT2D eigenvalue weighted by molar-refractivity contribution is 6.31. The summed E-state index contributed by atoms with van der Waals surface area (Å²) in [7, 11) is 0. The third kappa shape index (κ3) is 2.82. The molecular formula is C9H10ClF3N2. The van der Waals surface area contributed by atoms with Crippen molar-refractivity contribution in [1.82, 2.24) is 4.98 Å². The third-order valence-corrected chi connectivity index (χ3v) is 2.36. The van der Waals surface area contributed by atoms with Crippen molar-refractivity contribution < 1.29 is 13.2 Å². The summed E-state index contributed by atoms with van der Waals surface area (Å²) in [6.07, 6.45) is -1.95. The first-order valence-corrected chi connectivity index (χ1v) is 4.58. The summed E-state index contributed by atoms with van der Waals surface area (Å²) in [6, 6.07) is 1.33.